The topological polar surface area (TPSA) is 23.5 Å². The predicted octanol–water partition coefficient (Wildman–Crippen LogP) is 3.56. The SMILES string of the molecule is C=C(O)CN(CCCCC)c1cc[c]cc1. The molecule has 0 aliphatic heterocycles. The highest BCUT2D eigenvalue weighted by atomic mass is 16.3. The molecular weight excluding hydrogens is 198 g/mol. The Morgan fingerprint density at radius 3 is 2.62 bits per heavy atom. The van der Waals surface area contributed by atoms with Crippen molar-refractivity contribution in [2.24, 2.45) is 0 Å². The molecule has 0 bridgehead atoms. The molecule has 0 aliphatic carbocycles. The molecule has 0 saturated carbocycles. The minimum Gasteiger partial charge on any atom is -0.511 e. The van der Waals surface area contributed by atoms with Gasteiger partial charge in [-0.1, -0.05) is 38.5 Å². The van der Waals surface area contributed by atoms with E-state index >= 15 is 0 Å². The number of anilines is 1. The van der Waals surface area contributed by atoms with Gasteiger partial charge in [0.05, 0.1) is 6.54 Å². The Kier molecular flexibility index (Phi) is 5.48. The highest BCUT2D eigenvalue weighted by molar-refractivity contribution is 5.46. The molecule has 2 heteroatoms. The second-order valence-electron chi connectivity index (χ2n) is 3.95. The number of nitrogens with zero attached hydrogens (tertiary/aromatic N) is 1. The Balaban J connectivity index is 2.60. The summed E-state index contributed by atoms with van der Waals surface area (Å²) in [6.45, 7) is 7.21. The van der Waals surface area contributed by atoms with Crippen LogP contribution in [0.15, 0.2) is 36.6 Å². The fourth-order valence-corrected chi connectivity index (χ4v) is 1.66. The lowest BCUT2D eigenvalue weighted by molar-refractivity contribution is 0.401. The van der Waals surface area contributed by atoms with Gasteiger partial charge < -0.3 is 10.0 Å². The smallest absolute Gasteiger partial charge is 0.104 e. The van der Waals surface area contributed by atoms with Gasteiger partial charge in [0.25, 0.3) is 0 Å². The molecular formula is C14H20NO. The first-order chi connectivity index (χ1) is 7.74. The van der Waals surface area contributed by atoms with Gasteiger partial charge in [-0.25, -0.2) is 0 Å². The Morgan fingerprint density at radius 1 is 1.38 bits per heavy atom. The first-order valence-corrected chi connectivity index (χ1v) is 5.82. The number of benzene rings is 1. The number of rotatable bonds is 7. The van der Waals surface area contributed by atoms with Gasteiger partial charge in [0.15, 0.2) is 0 Å². The van der Waals surface area contributed by atoms with Gasteiger partial charge >= 0.3 is 0 Å². The van der Waals surface area contributed by atoms with Crippen LogP contribution in [-0.4, -0.2) is 18.2 Å². The predicted molar refractivity (Wildman–Crippen MR) is 68.8 cm³/mol. The molecule has 0 aromatic heterocycles. The lowest BCUT2D eigenvalue weighted by atomic mass is 10.2. The highest BCUT2D eigenvalue weighted by Gasteiger charge is 2.06. The zero-order valence-corrected chi connectivity index (χ0v) is 9.95. The molecule has 1 aromatic rings. The summed E-state index contributed by atoms with van der Waals surface area (Å²) in [7, 11) is 0. The molecule has 1 rings (SSSR count). The van der Waals surface area contributed by atoms with Crippen LogP contribution < -0.4 is 4.90 Å². The molecule has 0 heterocycles. The number of aliphatic hydroxyl groups is 1. The van der Waals surface area contributed by atoms with E-state index < -0.39 is 0 Å². The van der Waals surface area contributed by atoms with E-state index in [9.17, 15) is 5.11 Å². The van der Waals surface area contributed by atoms with Crippen LogP contribution in [0.1, 0.15) is 26.2 Å². The van der Waals surface area contributed by atoms with E-state index in [0.717, 1.165) is 18.7 Å². The van der Waals surface area contributed by atoms with Gasteiger partial charge in [0.2, 0.25) is 0 Å². The van der Waals surface area contributed by atoms with Crippen molar-refractivity contribution in [3.05, 3.63) is 42.7 Å². The van der Waals surface area contributed by atoms with Crippen LogP contribution >= 0.6 is 0 Å². The molecule has 0 fully saturated rings. The van der Waals surface area contributed by atoms with Crippen molar-refractivity contribution in [1.82, 2.24) is 0 Å². The standard InChI is InChI=1S/C14H20NO/c1-3-4-8-11-15(12-13(2)16)14-9-6-5-7-10-14/h6-7,9-10,16H,2-4,8,11-12H2,1H3. The summed E-state index contributed by atoms with van der Waals surface area (Å²) in [5.74, 6) is 0.212. The largest absolute Gasteiger partial charge is 0.511 e. The Labute approximate surface area is 98.2 Å². The van der Waals surface area contributed by atoms with E-state index in [1.54, 1.807) is 0 Å². The van der Waals surface area contributed by atoms with E-state index in [1.165, 1.54) is 12.8 Å². The lowest BCUT2D eigenvalue weighted by Crippen LogP contribution is -2.26. The number of unbranched alkanes of at least 4 members (excludes halogenated alkanes) is 2. The van der Waals surface area contributed by atoms with Crippen LogP contribution in [0.5, 0.6) is 0 Å². The van der Waals surface area contributed by atoms with E-state index in [1.807, 2.05) is 24.3 Å². The third-order valence-corrected chi connectivity index (χ3v) is 2.47. The molecule has 0 atom stereocenters. The minimum absolute atomic E-state index is 0.212. The number of hydrogen-bond donors (Lipinski definition) is 1. The second-order valence-corrected chi connectivity index (χ2v) is 3.95. The van der Waals surface area contributed by atoms with Crippen LogP contribution in [0.4, 0.5) is 5.69 Å². The summed E-state index contributed by atoms with van der Waals surface area (Å²) >= 11 is 0. The fraction of sp³-hybridized carbons (Fsp3) is 0.429. The molecule has 0 spiro atoms. The number of hydrogen-bond acceptors (Lipinski definition) is 2. The third-order valence-electron chi connectivity index (χ3n) is 2.47. The third kappa shape index (κ3) is 4.39. The maximum atomic E-state index is 9.30. The van der Waals surface area contributed by atoms with Gasteiger partial charge in [-0.05, 0) is 24.6 Å². The van der Waals surface area contributed by atoms with Crippen molar-refractivity contribution in [1.29, 1.82) is 0 Å². The van der Waals surface area contributed by atoms with E-state index in [2.05, 4.69) is 24.5 Å². The summed E-state index contributed by atoms with van der Waals surface area (Å²) in [5, 5.41) is 9.30. The van der Waals surface area contributed by atoms with Gasteiger partial charge in [0.1, 0.15) is 5.76 Å². The van der Waals surface area contributed by atoms with Gasteiger partial charge in [-0.3, -0.25) is 0 Å². The minimum atomic E-state index is 0.212. The van der Waals surface area contributed by atoms with Crippen LogP contribution in [0.2, 0.25) is 0 Å². The maximum Gasteiger partial charge on any atom is 0.104 e. The van der Waals surface area contributed by atoms with Crippen molar-refractivity contribution >= 4 is 5.69 Å². The molecule has 87 valence electrons. The van der Waals surface area contributed by atoms with Crippen LogP contribution in [0.3, 0.4) is 0 Å². The Morgan fingerprint density at radius 2 is 2.06 bits per heavy atom. The van der Waals surface area contributed by atoms with Gasteiger partial charge in [0, 0.05) is 12.2 Å². The molecule has 1 radical (unpaired) electrons. The van der Waals surface area contributed by atoms with Crippen LogP contribution in [0.25, 0.3) is 0 Å². The zero-order chi connectivity index (χ0) is 11.8. The quantitative estimate of drug-likeness (QED) is 0.559. The van der Waals surface area contributed by atoms with Crippen LogP contribution in [0, 0.1) is 6.07 Å². The van der Waals surface area contributed by atoms with Crippen molar-refractivity contribution in [3.63, 3.8) is 0 Å². The molecule has 1 N–H and O–H groups in total. The van der Waals surface area contributed by atoms with Crippen molar-refractivity contribution < 1.29 is 5.11 Å². The summed E-state index contributed by atoms with van der Waals surface area (Å²) < 4.78 is 0. The van der Waals surface area contributed by atoms with E-state index in [4.69, 9.17) is 0 Å². The molecule has 0 amide bonds. The van der Waals surface area contributed by atoms with Crippen molar-refractivity contribution in [2.45, 2.75) is 26.2 Å². The average Bonchev–Trinajstić information content (AvgIpc) is 2.29. The lowest BCUT2D eigenvalue weighted by Gasteiger charge is -2.24. The highest BCUT2D eigenvalue weighted by Crippen LogP contribution is 2.15. The summed E-state index contributed by atoms with van der Waals surface area (Å²) in [6, 6.07) is 10.8. The van der Waals surface area contributed by atoms with Crippen LogP contribution in [-0.2, 0) is 0 Å². The fourth-order valence-electron chi connectivity index (χ4n) is 1.66. The Bertz CT molecular complexity index is 308. The molecule has 16 heavy (non-hydrogen) atoms. The number of aliphatic hydroxyl groups excluding tert-OH is 1. The van der Waals surface area contributed by atoms with Crippen molar-refractivity contribution in [3.8, 4) is 0 Å². The second kappa shape index (κ2) is 6.94. The molecule has 0 aliphatic rings. The zero-order valence-electron chi connectivity index (χ0n) is 9.95. The molecule has 0 saturated heterocycles. The van der Waals surface area contributed by atoms with E-state index in [-0.39, 0.29) is 5.76 Å². The molecule has 2 nitrogen and oxygen atoms in total. The van der Waals surface area contributed by atoms with E-state index in [0.29, 0.717) is 6.54 Å². The first kappa shape index (κ1) is 12.6. The first-order valence-electron chi connectivity index (χ1n) is 5.82. The monoisotopic (exact) mass is 218 g/mol. The normalized spacial score (nSPS) is 10.1. The molecule has 0 unspecified atom stereocenters. The average molecular weight is 218 g/mol. The van der Waals surface area contributed by atoms with Gasteiger partial charge in [-0.2, -0.15) is 0 Å². The van der Waals surface area contributed by atoms with Gasteiger partial charge in [-0.15, -0.1) is 0 Å². The Hall–Kier alpha value is -1.44. The summed E-state index contributed by atoms with van der Waals surface area (Å²) in [5.41, 5.74) is 1.12. The van der Waals surface area contributed by atoms with Crippen molar-refractivity contribution in [2.75, 3.05) is 18.0 Å². The summed E-state index contributed by atoms with van der Waals surface area (Å²) in [4.78, 5) is 2.14. The summed E-state index contributed by atoms with van der Waals surface area (Å²) in [6.07, 6.45) is 3.56. The molecule has 1 aromatic carbocycles. The maximum absolute atomic E-state index is 9.30.